The Hall–Kier alpha value is -1.75. The van der Waals surface area contributed by atoms with Gasteiger partial charge >= 0.3 is 0 Å². The first-order valence-electron chi connectivity index (χ1n) is 4.92. The summed E-state index contributed by atoms with van der Waals surface area (Å²) in [6.07, 6.45) is -0.213. The Morgan fingerprint density at radius 1 is 1.38 bits per heavy atom. The molecule has 0 saturated heterocycles. The van der Waals surface area contributed by atoms with Gasteiger partial charge in [0, 0.05) is 5.56 Å². The molecule has 4 nitrogen and oxygen atoms in total. The maximum absolute atomic E-state index is 12.7. The molecule has 0 amide bonds. The Morgan fingerprint density at radius 3 is 2.69 bits per heavy atom. The van der Waals surface area contributed by atoms with E-state index in [9.17, 15) is 4.39 Å². The van der Waals surface area contributed by atoms with Gasteiger partial charge in [-0.3, -0.25) is 0 Å². The fourth-order valence-corrected chi connectivity index (χ4v) is 1.31. The topological polar surface area (TPSA) is 59.2 Å². The fraction of sp³-hybridized carbons (Fsp3) is 0.273. The Labute approximate surface area is 91.7 Å². The Morgan fingerprint density at radius 2 is 2.06 bits per heavy atom. The summed E-state index contributed by atoms with van der Waals surface area (Å²) in [5, 5.41) is 12.9. The van der Waals surface area contributed by atoms with E-state index in [0.29, 0.717) is 23.7 Å². The molecule has 0 fully saturated rings. The van der Waals surface area contributed by atoms with Gasteiger partial charge in [0.2, 0.25) is 11.7 Å². The van der Waals surface area contributed by atoms with Crippen molar-refractivity contribution < 1.29 is 14.0 Å². The van der Waals surface area contributed by atoms with Crippen LogP contribution in [0.1, 0.15) is 12.8 Å². The molecule has 0 spiro atoms. The smallest absolute Gasteiger partial charge is 0.229 e. The van der Waals surface area contributed by atoms with Gasteiger partial charge in [0.1, 0.15) is 5.82 Å². The number of rotatable bonds is 3. The monoisotopic (exact) mass is 222 g/mol. The SMILES string of the molecule is CC(O)Cc1nc(-c2ccc(F)cc2)no1. The van der Waals surface area contributed by atoms with E-state index in [1.165, 1.54) is 12.1 Å². The fourth-order valence-electron chi connectivity index (χ4n) is 1.31. The van der Waals surface area contributed by atoms with Crippen LogP contribution in [0, 0.1) is 5.82 Å². The van der Waals surface area contributed by atoms with Crippen LogP contribution in [0.25, 0.3) is 11.4 Å². The number of benzene rings is 1. The lowest BCUT2D eigenvalue weighted by atomic mass is 10.2. The molecule has 0 bridgehead atoms. The van der Waals surface area contributed by atoms with Crippen LogP contribution in [0.15, 0.2) is 28.8 Å². The minimum absolute atomic E-state index is 0.309. The predicted molar refractivity (Wildman–Crippen MR) is 55.1 cm³/mol. The Balaban J connectivity index is 2.21. The molecular formula is C11H11FN2O2. The van der Waals surface area contributed by atoms with E-state index in [-0.39, 0.29) is 5.82 Å². The second-order valence-electron chi connectivity index (χ2n) is 3.57. The number of hydrogen-bond donors (Lipinski definition) is 1. The molecule has 1 aromatic heterocycles. The van der Waals surface area contributed by atoms with Gasteiger partial charge in [0.05, 0.1) is 12.5 Å². The molecule has 16 heavy (non-hydrogen) atoms. The number of hydrogen-bond acceptors (Lipinski definition) is 4. The molecule has 0 aliphatic rings. The molecule has 0 radical (unpaired) electrons. The highest BCUT2D eigenvalue weighted by molar-refractivity contribution is 5.53. The predicted octanol–water partition coefficient (Wildman–Crippen LogP) is 1.80. The zero-order valence-electron chi connectivity index (χ0n) is 8.72. The molecule has 0 aliphatic carbocycles. The molecule has 2 aromatic rings. The van der Waals surface area contributed by atoms with Crippen LogP contribution in [0.2, 0.25) is 0 Å². The van der Waals surface area contributed by atoms with Gasteiger partial charge in [-0.15, -0.1) is 0 Å². The van der Waals surface area contributed by atoms with Crippen LogP contribution in [0.4, 0.5) is 4.39 Å². The highest BCUT2D eigenvalue weighted by Gasteiger charge is 2.10. The highest BCUT2D eigenvalue weighted by Crippen LogP contribution is 2.16. The average Bonchev–Trinajstić information content (AvgIpc) is 2.66. The van der Waals surface area contributed by atoms with E-state index in [1.54, 1.807) is 19.1 Å². The molecule has 1 N–H and O–H groups in total. The van der Waals surface area contributed by atoms with Gasteiger partial charge in [0.15, 0.2) is 0 Å². The van der Waals surface area contributed by atoms with Crippen LogP contribution >= 0.6 is 0 Å². The van der Waals surface area contributed by atoms with Crippen LogP contribution in [-0.4, -0.2) is 21.4 Å². The summed E-state index contributed by atoms with van der Waals surface area (Å²) in [7, 11) is 0. The lowest BCUT2D eigenvalue weighted by molar-refractivity contribution is 0.181. The summed E-state index contributed by atoms with van der Waals surface area (Å²) in [6.45, 7) is 1.64. The van der Waals surface area contributed by atoms with Gasteiger partial charge in [0.25, 0.3) is 0 Å². The maximum atomic E-state index is 12.7. The van der Waals surface area contributed by atoms with Crippen molar-refractivity contribution in [1.29, 1.82) is 0 Å². The van der Waals surface area contributed by atoms with Gasteiger partial charge in [-0.25, -0.2) is 4.39 Å². The van der Waals surface area contributed by atoms with E-state index in [1.807, 2.05) is 0 Å². The van der Waals surface area contributed by atoms with E-state index in [2.05, 4.69) is 10.1 Å². The van der Waals surface area contributed by atoms with Gasteiger partial charge < -0.3 is 9.63 Å². The zero-order chi connectivity index (χ0) is 11.5. The van der Waals surface area contributed by atoms with Gasteiger partial charge in [-0.2, -0.15) is 4.98 Å². The normalized spacial score (nSPS) is 12.7. The molecule has 2 rings (SSSR count). The van der Waals surface area contributed by atoms with Crippen molar-refractivity contribution in [3.8, 4) is 11.4 Å². The summed E-state index contributed by atoms with van der Waals surface area (Å²) in [4.78, 5) is 4.09. The van der Waals surface area contributed by atoms with E-state index in [0.717, 1.165) is 0 Å². The second-order valence-corrected chi connectivity index (χ2v) is 3.57. The summed E-state index contributed by atoms with van der Waals surface area (Å²) >= 11 is 0. The largest absolute Gasteiger partial charge is 0.393 e. The minimum atomic E-state index is -0.526. The van der Waals surface area contributed by atoms with Crippen molar-refractivity contribution in [3.05, 3.63) is 36.0 Å². The third-order valence-corrected chi connectivity index (χ3v) is 2.04. The van der Waals surface area contributed by atoms with Gasteiger partial charge in [-0.05, 0) is 31.2 Å². The van der Waals surface area contributed by atoms with Crippen molar-refractivity contribution in [1.82, 2.24) is 10.1 Å². The number of aliphatic hydroxyl groups excluding tert-OH is 1. The highest BCUT2D eigenvalue weighted by atomic mass is 19.1. The molecule has 1 unspecified atom stereocenters. The number of aromatic nitrogens is 2. The number of nitrogens with zero attached hydrogens (tertiary/aromatic N) is 2. The Bertz CT molecular complexity index is 465. The molecule has 1 aromatic carbocycles. The Kier molecular flexibility index (Phi) is 2.96. The van der Waals surface area contributed by atoms with Crippen molar-refractivity contribution in [2.45, 2.75) is 19.4 Å². The lowest BCUT2D eigenvalue weighted by Gasteiger charge is -1.95. The first-order valence-corrected chi connectivity index (χ1v) is 4.92. The zero-order valence-corrected chi connectivity index (χ0v) is 8.72. The van der Waals surface area contributed by atoms with E-state index in [4.69, 9.17) is 9.63 Å². The quantitative estimate of drug-likeness (QED) is 0.860. The van der Waals surface area contributed by atoms with E-state index >= 15 is 0 Å². The average molecular weight is 222 g/mol. The van der Waals surface area contributed by atoms with Crippen molar-refractivity contribution in [2.24, 2.45) is 0 Å². The van der Waals surface area contributed by atoms with Crippen molar-refractivity contribution in [2.75, 3.05) is 0 Å². The number of aliphatic hydroxyl groups is 1. The first kappa shape index (κ1) is 10.8. The minimum Gasteiger partial charge on any atom is -0.393 e. The summed E-state index contributed by atoms with van der Waals surface area (Å²) < 4.78 is 17.6. The number of halogens is 1. The van der Waals surface area contributed by atoms with Crippen LogP contribution < -0.4 is 0 Å². The van der Waals surface area contributed by atoms with Crippen LogP contribution in [0.5, 0.6) is 0 Å². The molecule has 84 valence electrons. The van der Waals surface area contributed by atoms with Crippen LogP contribution in [0.3, 0.4) is 0 Å². The third kappa shape index (κ3) is 2.43. The lowest BCUT2D eigenvalue weighted by Crippen LogP contribution is -2.04. The maximum Gasteiger partial charge on any atom is 0.229 e. The second kappa shape index (κ2) is 4.40. The third-order valence-electron chi connectivity index (χ3n) is 2.04. The summed E-state index contributed by atoms with van der Waals surface area (Å²) in [5.74, 6) is 0.460. The molecule has 5 heteroatoms. The summed E-state index contributed by atoms with van der Waals surface area (Å²) in [6, 6.07) is 5.82. The van der Waals surface area contributed by atoms with Gasteiger partial charge in [-0.1, -0.05) is 5.16 Å². The molecule has 0 saturated carbocycles. The molecule has 0 aliphatic heterocycles. The van der Waals surface area contributed by atoms with Crippen molar-refractivity contribution >= 4 is 0 Å². The first-order chi connectivity index (χ1) is 7.65. The molecule has 1 heterocycles. The molecule has 1 atom stereocenters. The van der Waals surface area contributed by atoms with Crippen LogP contribution in [-0.2, 0) is 6.42 Å². The van der Waals surface area contributed by atoms with E-state index < -0.39 is 6.10 Å². The summed E-state index contributed by atoms with van der Waals surface area (Å²) in [5.41, 5.74) is 0.682. The molecular weight excluding hydrogens is 211 g/mol. The standard InChI is InChI=1S/C11H11FN2O2/c1-7(15)6-10-13-11(14-16-10)8-2-4-9(12)5-3-8/h2-5,7,15H,6H2,1H3. The van der Waals surface area contributed by atoms with Crippen molar-refractivity contribution in [3.63, 3.8) is 0 Å².